The summed E-state index contributed by atoms with van der Waals surface area (Å²) in [7, 11) is 0.652. The third-order valence-electron chi connectivity index (χ3n) is 9.16. The van der Waals surface area contributed by atoms with Crippen LogP contribution < -0.4 is 10.2 Å². The number of ether oxygens (including phenoxy) is 1. The molecule has 7 rings (SSSR count). The molecule has 14 heteroatoms. The first-order valence-electron chi connectivity index (χ1n) is 15.9. The molecule has 2 fully saturated rings. The van der Waals surface area contributed by atoms with Crippen LogP contribution in [0.15, 0.2) is 43.0 Å². The molecule has 2 N–H and O–H groups in total. The van der Waals surface area contributed by atoms with E-state index < -0.39 is 14.2 Å². The summed E-state index contributed by atoms with van der Waals surface area (Å²) in [6.45, 7) is 8.63. The highest BCUT2D eigenvalue weighted by molar-refractivity contribution is 6.76. The summed E-state index contributed by atoms with van der Waals surface area (Å²) >= 11 is 7.12. The Bertz CT molecular complexity index is 1900. The van der Waals surface area contributed by atoms with Gasteiger partial charge in [-0.1, -0.05) is 37.3 Å². The molecule has 5 aromatic rings. The maximum absolute atomic E-state index is 11.3. The fraction of sp³-hybridized carbons (Fsp3) is 0.469. The van der Waals surface area contributed by atoms with Crippen LogP contribution in [-0.4, -0.2) is 78.1 Å². The van der Waals surface area contributed by atoms with Gasteiger partial charge in [0.25, 0.3) is 0 Å². The summed E-state index contributed by atoms with van der Waals surface area (Å²) in [5, 5.41) is 22.7. The summed E-state index contributed by atoms with van der Waals surface area (Å²) in [5.41, 5.74) is 4.99. The molecule has 12 nitrogen and oxygen atoms in total. The van der Waals surface area contributed by atoms with Crippen LogP contribution in [0.2, 0.25) is 30.7 Å². The van der Waals surface area contributed by atoms with Gasteiger partial charge in [-0.05, 0) is 43.9 Å². The first-order chi connectivity index (χ1) is 22.0. The number of rotatable bonds is 10. The number of anilines is 1. The smallest absolute Gasteiger partial charge is 0.404 e. The highest BCUT2D eigenvalue weighted by Gasteiger charge is 2.42. The Hall–Kier alpha value is -3.94. The molecule has 242 valence electrons. The van der Waals surface area contributed by atoms with Crippen molar-refractivity contribution in [2.45, 2.75) is 82.8 Å². The van der Waals surface area contributed by atoms with Crippen molar-refractivity contribution in [2.24, 2.45) is 7.05 Å². The van der Waals surface area contributed by atoms with Gasteiger partial charge in [-0.25, -0.2) is 14.8 Å². The topological polar surface area (TPSA) is 128 Å². The minimum absolute atomic E-state index is 0.0384. The zero-order valence-corrected chi connectivity index (χ0v) is 28.4. The Morgan fingerprint density at radius 3 is 2.59 bits per heavy atom. The maximum atomic E-state index is 11.3. The molecule has 2 aliphatic heterocycles. The molecule has 0 saturated carbocycles. The van der Waals surface area contributed by atoms with Crippen LogP contribution in [-0.2, 0) is 25.1 Å². The van der Waals surface area contributed by atoms with E-state index in [2.05, 4.69) is 35.0 Å². The van der Waals surface area contributed by atoms with E-state index in [-0.39, 0.29) is 18.1 Å². The average Bonchev–Trinajstić information content (AvgIpc) is 3.75. The molecular weight excluding hydrogens is 622 g/mol. The summed E-state index contributed by atoms with van der Waals surface area (Å²) in [6, 6.07) is 7.45. The van der Waals surface area contributed by atoms with Crippen LogP contribution in [0.4, 0.5) is 10.6 Å². The Morgan fingerprint density at radius 1 is 1.11 bits per heavy atom. The third-order valence-corrected chi connectivity index (χ3v) is 11.3. The number of aryl methyl sites for hydroxylation is 1. The van der Waals surface area contributed by atoms with Crippen molar-refractivity contribution in [3.8, 4) is 11.1 Å². The van der Waals surface area contributed by atoms with Gasteiger partial charge in [0, 0.05) is 75.0 Å². The summed E-state index contributed by atoms with van der Waals surface area (Å²) in [5.74, 6) is 0.819. The highest BCUT2D eigenvalue weighted by Crippen LogP contribution is 2.41. The van der Waals surface area contributed by atoms with Crippen molar-refractivity contribution >= 4 is 53.7 Å². The number of benzene rings is 1. The maximum Gasteiger partial charge on any atom is 0.404 e. The second-order valence-corrected chi connectivity index (χ2v) is 19.8. The van der Waals surface area contributed by atoms with E-state index in [0.717, 1.165) is 76.4 Å². The summed E-state index contributed by atoms with van der Waals surface area (Å²) < 4.78 is 11.9. The number of carboxylic acid groups (broad SMARTS) is 1. The third kappa shape index (κ3) is 6.10. The fourth-order valence-electron chi connectivity index (χ4n) is 6.95. The van der Waals surface area contributed by atoms with E-state index >= 15 is 0 Å². The number of halogens is 1. The quantitative estimate of drug-likeness (QED) is 0.139. The number of hydrogen-bond acceptors (Lipinski definition) is 7. The lowest BCUT2D eigenvalue weighted by atomic mass is 9.97. The fourth-order valence-corrected chi connectivity index (χ4v) is 8.02. The van der Waals surface area contributed by atoms with Crippen LogP contribution in [0.1, 0.15) is 31.4 Å². The zero-order valence-electron chi connectivity index (χ0n) is 26.6. The van der Waals surface area contributed by atoms with Crippen molar-refractivity contribution in [2.75, 3.05) is 11.5 Å². The van der Waals surface area contributed by atoms with Crippen molar-refractivity contribution in [3.05, 3.63) is 53.7 Å². The van der Waals surface area contributed by atoms with Gasteiger partial charge in [0.05, 0.1) is 29.0 Å². The lowest BCUT2D eigenvalue weighted by Crippen LogP contribution is -2.50. The van der Waals surface area contributed by atoms with Gasteiger partial charge in [-0.2, -0.15) is 10.2 Å². The van der Waals surface area contributed by atoms with Gasteiger partial charge in [0.1, 0.15) is 18.1 Å². The molecule has 1 amide bonds. The lowest BCUT2D eigenvalue weighted by molar-refractivity contribution is 0.0899. The zero-order chi connectivity index (χ0) is 32.2. The van der Waals surface area contributed by atoms with Gasteiger partial charge in [0.2, 0.25) is 0 Å². The summed E-state index contributed by atoms with van der Waals surface area (Å²) in [6.07, 6.45) is 10.4. The van der Waals surface area contributed by atoms with E-state index in [1.807, 2.05) is 59.3 Å². The number of hydrogen-bond donors (Lipinski definition) is 2. The molecule has 0 unspecified atom stereocenters. The van der Waals surface area contributed by atoms with Crippen LogP contribution in [0.25, 0.3) is 33.2 Å². The van der Waals surface area contributed by atoms with Crippen molar-refractivity contribution in [1.82, 2.24) is 39.4 Å². The van der Waals surface area contributed by atoms with Gasteiger partial charge < -0.3 is 24.6 Å². The Balaban J connectivity index is 1.23. The Labute approximate surface area is 273 Å². The standard InChI is InChI=1S/C32H40ClN9O3Si/c1-39-10-9-20(37-39)16-41-18-26-27(38-41)8-7-24(29(26)33)25-17-40(19-45-11-12-46(2,3)4)31-30(25)34-15-28(36-31)42-22-5-6-23(42)14-21(13-22)35-32(43)44/h7-10,15,17-18,21-23,35H,5-6,11-14,16,19H2,1-4H3,(H,43,44)/t21-,22+,23-. The van der Waals surface area contributed by atoms with E-state index in [4.69, 9.17) is 31.4 Å². The normalized spacial score (nSPS) is 19.8. The van der Waals surface area contributed by atoms with Gasteiger partial charge in [-0.15, -0.1) is 0 Å². The minimum Gasteiger partial charge on any atom is -0.465 e. The second kappa shape index (κ2) is 12.0. The number of piperidine rings is 1. The molecule has 2 saturated heterocycles. The van der Waals surface area contributed by atoms with Crippen LogP contribution >= 0.6 is 11.6 Å². The molecule has 3 atom stereocenters. The van der Waals surface area contributed by atoms with E-state index in [9.17, 15) is 9.90 Å². The largest absolute Gasteiger partial charge is 0.465 e. The van der Waals surface area contributed by atoms with Crippen molar-refractivity contribution in [1.29, 1.82) is 0 Å². The molecule has 0 aliphatic carbocycles. The molecule has 2 aliphatic rings. The number of nitrogens with zero attached hydrogens (tertiary/aromatic N) is 8. The average molecular weight is 662 g/mol. The predicted octanol–water partition coefficient (Wildman–Crippen LogP) is 5.96. The second-order valence-electron chi connectivity index (χ2n) is 13.8. The van der Waals surface area contributed by atoms with Crippen LogP contribution in [0.5, 0.6) is 0 Å². The predicted molar refractivity (Wildman–Crippen MR) is 181 cm³/mol. The summed E-state index contributed by atoms with van der Waals surface area (Å²) in [4.78, 5) is 23.9. The molecule has 4 aromatic heterocycles. The molecule has 0 spiro atoms. The molecule has 0 radical (unpaired) electrons. The minimum atomic E-state index is -1.25. The van der Waals surface area contributed by atoms with Crippen LogP contribution in [0.3, 0.4) is 0 Å². The lowest BCUT2D eigenvalue weighted by Gasteiger charge is -2.39. The van der Waals surface area contributed by atoms with Gasteiger partial charge in [0.15, 0.2) is 5.65 Å². The van der Waals surface area contributed by atoms with E-state index in [0.29, 0.717) is 24.9 Å². The molecule has 6 heterocycles. The molecule has 46 heavy (non-hydrogen) atoms. The SMILES string of the molecule is Cn1ccc(Cn2cc3c(Cl)c(-c4cn(COCC[Si](C)(C)C)c5nc(N6[C@@H]7CC[C@H]6C[C@@H](NC(=O)O)C7)cnc45)ccc3n2)n1. The molecular formula is C32H40ClN9O3Si. The molecule has 1 aromatic carbocycles. The van der Waals surface area contributed by atoms with E-state index in [1.165, 1.54) is 0 Å². The first kappa shape index (κ1) is 30.7. The van der Waals surface area contributed by atoms with Crippen molar-refractivity contribution in [3.63, 3.8) is 0 Å². The number of carbonyl (C=O) groups is 1. The molecule has 2 bridgehead atoms. The van der Waals surface area contributed by atoms with Gasteiger partial charge >= 0.3 is 6.09 Å². The monoisotopic (exact) mass is 661 g/mol. The number of nitrogens with one attached hydrogen (secondary N) is 1. The van der Waals surface area contributed by atoms with Gasteiger partial charge in [-0.3, -0.25) is 9.36 Å². The number of fused-ring (bicyclic) bond motifs is 4. The highest BCUT2D eigenvalue weighted by atomic mass is 35.5. The van der Waals surface area contributed by atoms with Crippen LogP contribution in [0, 0.1) is 0 Å². The van der Waals surface area contributed by atoms with E-state index in [1.54, 1.807) is 4.68 Å². The Kier molecular flexibility index (Phi) is 8.02. The first-order valence-corrected chi connectivity index (χ1v) is 20.0. The Morgan fingerprint density at radius 2 is 1.89 bits per heavy atom. The van der Waals surface area contributed by atoms with Crippen molar-refractivity contribution < 1.29 is 14.6 Å². The number of amides is 1. The number of aromatic nitrogens is 7.